The van der Waals surface area contributed by atoms with Crippen molar-refractivity contribution < 1.29 is 23.3 Å². The Hall–Kier alpha value is -2.22. The predicted molar refractivity (Wildman–Crippen MR) is 219 cm³/mol. The normalized spacial score (nSPS) is 10.3. The summed E-state index contributed by atoms with van der Waals surface area (Å²) in [7, 11) is 0. The van der Waals surface area contributed by atoms with E-state index in [0.717, 1.165) is 0 Å². The molecule has 0 heterocycles. The first kappa shape index (κ1) is 45.8. The molecule has 6 aromatic rings. The predicted octanol–water partition coefficient (Wildman–Crippen LogP) is 13.8. The molecule has 6 aromatic carbocycles. The van der Waals surface area contributed by atoms with Crippen molar-refractivity contribution in [2.24, 2.45) is 0 Å². The molecule has 0 aliphatic heterocycles. The molecule has 6 rings (SSSR count). The van der Waals surface area contributed by atoms with Crippen molar-refractivity contribution in [3.8, 4) is 22.3 Å². The molecule has 0 N–H and O–H groups in total. The second-order valence-electron chi connectivity index (χ2n) is 13.3. The van der Waals surface area contributed by atoms with Crippen LogP contribution in [0, 0.1) is 27.7 Å². The van der Waals surface area contributed by atoms with E-state index in [2.05, 4.69) is 185 Å². The maximum absolute atomic E-state index is 3.25. The van der Waals surface area contributed by atoms with Gasteiger partial charge in [-0.15, -0.1) is 93.9 Å². The van der Waals surface area contributed by atoms with Gasteiger partial charge in [0.15, 0.2) is 0 Å². The molecule has 0 amide bonds. The van der Waals surface area contributed by atoms with Crippen LogP contribution in [0.2, 0.25) is 0 Å². The Kier molecular flexibility index (Phi) is 20.1. The van der Waals surface area contributed by atoms with Gasteiger partial charge in [0, 0.05) is 0 Å². The molecule has 0 spiro atoms. The third kappa shape index (κ3) is 12.0. The summed E-state index contributed by atoms with van der Waals surface area (Å²) in [6, 6.07) is 40.2. The number of hydrogen-bond donors (Lipinski definition) is 0. The molecule has 2 radical (unpaired) electrons. The van der Waals surface area contributed by atoms with E-state index in [9.17, 15) is 0 Å². The Labute approximate surface area is 321 Å². The number of hydrogen-bond acceptors (Lipinski definition) is 0. The van der Waals surface area contributed by atoms with Crippen molar-refractivity contribution >= 4 is 53.2 Å². The van der Waals surface area contributed by atoms with Gasteiger partial charge in [-0.2, -0.15) is 26.0 Å². The topological polar surface area (TPSA) is 0 Å². The second-order valence-corrected chi connectivity index (χ2v) is 13.3. The van der Waals surface area contributed by atoms with E-state index in [1.165, 1.54) is 89.4 Å². The Balaban J connectivity index is 0.000000769. The number of rotatable bonds is 2. The number of halogens is 2. The van der Waals surface area contributed by atoms with Crippen molar-refractivity contribution in [1.82, 2.24) is 0 Å². The summed E-state index contributed by atoms with van der Waals surface area (Å²) in [6.45, 7) is 30.9. The summed E-state index contributed by atoms with van der Waals surface area (Å²) in [5.74, 6) is 0. The summed E-state index contributed by atoms with van der Waals surface area (Å²) < 4.78 is 0. The zero-order valence-corrected chi connectivity index (χ0v) is 35.7. The van der Waals surface area contributed by atoms with Crippen LogP contribution in [0.3, 0.4) is 0 Å². The molecule has 0 fully saturated rings. The summed E-state index contributed by atoms with van der Waals surface area (Å²) >= 11 is 1.36. The summed E-state index contributed by atoms with van der Waals surface area (Å²) in [6.07, 6.45) is 0. The SMILES string of the molecule is Cc1cc2c(-c3ccc(C(C)(C)C)cc3)cccc2[cH-]1.Cc1cc2c(-c3ccc(C(C)(C)C)cc3)cccc2[cH-]1.Cl.Cl.[CH2-]C.[CH2-]C.[Si]=[Zr]. The van der Waals surface area contributed by atoms with Gasteiger partial charge in [0.1, 0.15) is 0 Å². The van der Waals surface area contributed by atoms with Gasteiger partial charge in [-0.25, -0.2) is 0 Å². The van der Waals surface area contributed by atoms with Crippen molar-refractivity contribution in [3.63, 3.8) is 0 Å². The molecule has 0 saturated heterocycles. The van der Waals surface area contributed by atoms with E-state index in [-0.39, 0.29) is 35.6 Å². The van der Waals surface area contributed by atoms with Crippen LogP contribution in [0.5, 0.6) is 0 Å². The van der Waals surface area contributed by atoms with Crippen LogP contribution in [0.1, 0.15) is 77.6 Å². The Morgan fingerprint density at radius 1 is 0.500 bits per heavy atom. The molecule has 0 aliphatic carbocycles. The fraction of sp³-hybridized carbons (Fsp3) is 0.273. The van der Waals surface area contributed by atoms with Crippen molar-refractivity contribution in [1.29, 1.82) is 0 Å². The third-order valence-electron chi connectivity index (χ3n) is 7.91. The Morgan fingerprint density at radius 3 is 1.06 bits per heavy atom. The van der Waals surface area contributed by atoms with Gasteiger partial charge >= 0.3 is 30.2 Å². The van der Waals surface area contributed by atoms with Crippen LogP contribution >= 0.6 is 24.8 Å². The molecule has 0 saturated carbocycles. The van der Waals surface area contributed by atoms with Gasteiger partial charge in [0.05, 0.1) is 0 Å². The van der Waals surface area contributed by atoms with Crippen LogP contribution in [0.25, 0.3) is 43.8 Å². The molecule has 256 valence electrons. The minimum absolute atomic E-state index is 0. The summed E-state index contributed by atoms with van der Waals surface area (Å²) in [5.41, 5.74) is 11.1. The van der Waals surface area contributed by atoms with Crippen molar-refractivity contribution in [2.45, 2.75) is 80.1 Å². The monoisotopic (exact) mass is 770 g/mol. The first-order valence-corrected chi connectivity index (χ1v) is 20.3. The molecule has 0 aromatic heterocycles. The van der Waals surface area contributed by atoms with E-state index in [1.54, 1.807) is 13.8 Å². The van der Waals surface area contributed by atoms with E-state index in [4.69, 9.17) is 0 Å². The van der Waals surface area contributed by atoms with E-state index >= 15 is 0 Å². The number of aryl methyl sites for hydroxylation is 2. The van der Waals surface area contributed by atoms with Crippen molar-refractivity contribution in [2.75, 3.05) is 0 Å². The van der Waals surface area contributed by atoms with Gasteiger partial charge < -0.3 is 13.8 Å². The molecule has 0 nitrogen and oxygen atoms in total. The molecular formula is C44H54Cl2SiZr-4. The quantitative estimate of drug-likeness (QED) is 0.121. The maximum atomic E-state index is 3.25. The van der Waals surface area contributed by atoms with Gasteiger partial charge in [0.2, 0.25) is 0 Å². The standard InChI is InChI=1S/2C20H21.2C2H5.2ClH.Si.Zr/c2*1-14-12-16-6-5-7-18(19(16)13-14)15-8-10-17(11-9-15)20(2,3)4;2*1-2;;;;/h2*5-13H,1-4H3;2*1H2,2H3;2*1H;;/q4*-1;;;;. The van der Waals surface area contributed by atoms with Gasteiger partial charge in [-0.1, -0.05) is 127 Å². The zero-order chi connectivity index (χ0) is 34.7. The fourth-order valence-corrected chi connectivity index (χ4v) is 5.57. The summed E-state index contributed by atoms with van der Waals surface area (Å²) in [4.78, 5) is 0. The average molecular weight is 773 g/mol. The minimum atomic E-state index is 0. The number of benzene rings is 4. The molecule has 0 bridgehead atoms. The molecule has 0 unspecified atom stereocenters. The van der Waals surface area contributed by atoms with E-state index < -0.39 is 0 Å². The molecule has 0 atom stereocenters. The van der Waals surface area contributed by atoms with Gasteiger partial charge in [-0.3, -0.25) is 0 Å². The van der Waals surface area contributed by atoms with Crippen LogP contribution in [-0.2, 0) is 34.2 Å². The first-order chi connectivity index (χ1) is 21.9. The molecule has 4 heteroatoms. The van der Waals surface area contributed by atoms with Crippen molar-refractivity contribution in [3.05, 3.63) is 145 Å². The summed E-state index contributed by atoms with van der Waals surface area (Å²) in [5, 5.41) is 5.38. The van der Waals surface area contributed by atoms with Crippen LogP contribution in [0.15, 0.2) is 109 Å². The molecular weight excluding hydrogens is 719 g/mol. The fourth-order valence-electron chi connectivity index (χ4n) is 5.57. The van der Waals surface area contributed by atoms with Crippen LogP contribution in [-0.4, -0.2) is 6.88 Å². The second kappa shape index (κ2) is 21.1. The Bertz CT molecular complexity index is 1640. The van der Waals surface area contributed by atoms with Gasteiger partial charge in [-0.05, 0) is 33.1 Å². The average Bonchev–Trinajstić information content (AvgIpc) is 3.64. The van der Waals surface area contributed by atoms with Crippen LogP contribution < -0.4 is 0 Å². The van der Waals surface area contributed by atoms with Crippen LogP contribution in [0.4, 0.5) is 0 Å². The zero-order valence-electron chi connectivity index (χ0n) is 30.6. The Morgan fingerprint density at radius 2 is 0.792 bits per heavy atom. The van der Waals surface area contributed by atoms with E-state index in [0.29, 0.717) is 0 Å². The van der Waals surface area contributed by atoms with Gasteiger partial charge in [0.25, 0.3) is 0 Å². The third-order valence-corrected chi connectivity index (χ3v) is 7.91. The molecule has 0 aliphatic rings. The number of fused-ring (bicyclic) bond motifs is 2. The molecule has 48 heavy (non-hydrogen) atoms. The van der Waals surface area contributed by atoms with E-state index in [1.807, 2.05) is 0 Å². The first-order valence-electron chi connectivity index (χ1n) is 16.1.